The number of anilines is 3. The van der Waals surface area contributed by atoms with Crippen molar-refractivity contribution in [2.24, 2.45) is 0 Å². The quantitative estimate of drug-likeness (QED) is 0.168. The van der Waals surface area contributed by atoms with Gasteiger partial charge in [0.1, 0.15) is 0 Å². The lowest BCUT2D eigenvalue weighted by atomic mass is 9.70. The molecule has 1 aromatic heterocycles. The average molecular weight is 792 g/mol. The standard InChI is InChI=1S/C59H37NS/c1-3-18-38(19-4-1)42-23-12-16-32-54(42)60(55-33-17-28-48-56-43-24-8-7-22-40(43)36-49(58(56)61-57(48)55)39-20-5-2-6-21-39)41-34-35-47-46-27-11-15-31-52(46)59(53(47)37-41)50-29-13-9-25-44(50)45-26-10-14-30-51(45)59/h1-37H. The first-order chi connectivity index (χ1) is 30.3. The monoisotopic (exact) mass is 791 g/mol. The van der Waals surface area contributed by atoms with Crippen LogP contribution in [-0.2, 0) is 5.41 Å². The summed E-state index contributed by atoms with van der Waals surface area (Å²) >= 11 is 1.92. The van der Waals surface area contributed by atoms with Gasteiger partial charge in [-0.1, -0.05) is 194 Å². The Balaban J connectivity index is 1.13. The molecule has 1 spiro atoms. The van der Waals surface area contributed by atoms with Gasteiger partial charge in [0.25, 0.3) is 0 Å². The summed E-state index contributed by atoms with van der Waals surface area (Å²) in [6.45, 7) is 0. The predicted octanol–water partition coefficient (Wildman–Crippen LogP) is 16.4. The largest absolute Gasteiger partial charge is 0.308 e. The van der Waals surface area contributed by atoms with Gasteiger partial charge in [0.05, 0.1) is 21.5 Å². The number of hydrogen-bond donors (Lipinski definition) is 0. The molecule has 2 aliphatic carbocycles. The highest BCUT2D eigenvalue weighted by Gasteiger charge is 2.51. The van der Waals surface area contributed by atoms with Gasteiger partial charge in [-0.25, -0.2) is 0 Å². The summed E-state index contributed by atoms with van der Waals surface area (Å²) in [6, 6.07) is 83.4. The van der Waals surface area contributed by atoms with E-state index in [9.17, 15) is 0 Å². The zero-order chi connectivity index (χ0) is 40.1. The molecule has 0 fully saturated rings. The van der Waals surface area contributed by atoms with Gasteiger partial charge in [0.2, 0.25) is 0 Å². The molecule has 0 atom stereocenters. The van der Waals surface area contributed by atoms with Crippen molar-refractivity contribution in [2.45, 2.75) is 5.41 Å². The second-order valence-electron chi connectivity index (χ2n) is 16.3. The van der Waals surface area contributed by atoms with E-state index in [0.29, 0.717) is 0 Å². The van der Waals surface area contributed by atoms with Crippen LogP contribution in [0.1, 0.15) is 22.3 Å². The fourth-order valence-corrected chi connectivity index (χ4v) is 12.2. The molecule has 284 valence electrons. The molecule has 0 radical (unpaired) electrons. The van der Waals surface area contributed by atoms with E-state index < -0.39 is 5.41 Å². The molecule has 0 saturated carbocycles. The first-order valence-corrected chi connectivity index (χ1v) is 21.9. The van der Waals surface area contributed by atoms with Crippen LogP contribution in [0.15, 0.2) is 224 Å². The summed E-state index contributed by atoms with van der Waals surface area (Å²) in [5, 5.41) is 5.13. The molecule has 13 rings (SSSR count). The Bertz CT molecular complexity index is 3480. The summed E-state index contributed by atoms with van der Waals surface area (Å²) in [4.78, 5) is 2.55. The molecular formula is C59H37NS. The first kappa shape index (κ1) is 34.4. The lowest BCUT2D eigenvalue weighted by Crippen LogP contribution is -2.26. The molecule has 61 heavy (non-hydrogen) atoms. The molecule has 0 saturated heterocycles. The maximum atomic E-state index is 2.55. The third-order valence-corrected chi connectivity index (χ3v) is 14.5. The first-order valence-electron chi connectivity index (χ1n) is 21.1. The predicted molar refractivity (Wildman–Crippen MR) is 259 cm³/mol. The third-order valence-electron chi connectivity index (χ3n) is 13.3. The van der Waals surface area contributed by atoms with E-state index >= 15 is 0 Å². The van der Waals surface area contributed by atoms with Crippen molar-refractivity contribution >= 4 is 59.3 Å². The van der Waals surface area contributed by atoms with Crippen molar-refractivity contribution in [1.29, 1.82) is 0 Å². The second kappa shape index (κ2) is 13.2. The van der Waals surface area contributed by atoms with Gasteiger partial charge < -0.3 is 4.90 Å². The summed E-state index contributed by atoms with van der Waals surface area (Å²) in [7, 11) is 0. The Kier molecular flexibility index (Phi) is 7.46. The maximum absolute atomic E-state index is 2.55. The van der Waals surface area contributed by atoms with E-state index in [1.165, 1.54) is 103 Å². The van der Waals surface area contributed by atoms with Crippen molar-refractivity contribution in [3.05, 3.63) is 247 Å². The minimum Gasteiger partial charge on any atom is -0.308 e. The molecule has 0 amide bonds. The smallest absolute Gasteiger partial charge is 0.0726 e. The van der Waals surface area contributed by atoms with E-state index in [1.807, 2.05) is 11.3 Å². The van der Waals surface area contributed by atoms with Crippen LogP contribution in [0, 0.1) is 0 Å². The Hall–Kier alpha value is -7.52. The molecule has 2 heteroatoms. The zero-order valence-electron chi connectivity index (χ0n) is 33.2. The van der Waals surface area contributed by atoms with Crippen molar-refractivity contribution in [2.75, 3.05) is 4.90 Å². The van der Waals surface area contributed by atoms with Gasteiger partial charge in [-0.2, -0.15) is 0 Å². The Labute approximate surface area is 359 Å². The van der Waals surface area contributed by atoms with E-state index in [2.05, 4.69) is 229 Å². The fraction of sp³-hybridized carbons (Fsp3) is 0.0169. The number of thiophene rings is 1. The van der Waals surface area contributed by atoms with Crippen LogP contribution in [0.4, 0.5) is 17.1 Å². The average Bonchev–Trinajstić information content (AvgIpc) is 3.97. The highest BCUT2D eigenvalue weighted by atomic mass is 32.1. The van der Waals surface area contributed by atoms with Gasteiger partial charge in [-0.05, 0) is 96.7 Å². The Morgan fingerprint density at radius 3 is 1.51 bits per heavy atom. The minimum atomic E-state index is -0.452. The highest BCUT2D eigenvalue weighted by molar-refractivity contribution is 7.27. The van der Waals surface area contributed by atoms with Gasteiger partial charge in [0.15, 0.2) is 0 Å². The van der Waals surface area contributed by atoms with Crippen LogP contribution in [0.25, 0.3) is 75.5 Å². The Morgan fingerprint density at radius 2 is 0.836 bits per heavy atom. The van der Waals surface area contributed by atoms with Crippen LogP contribution in [-0.4, -0.2) is 0 Å². The van der Waals surface area contributed by atoms with Crippen LogP contribution < -0.4 is 4.90 Å². The molecule has 11 aromatic rings. The number of fused-ring (bicyclic) bond motifs is 15. The third kappa shape index (κ3) is 4.83. The van der Waals surface area contributed by atoms with E-state index in [4.69, 9.17) is 0 Å². The summed E-state index contributed by atoms with van der Waals surface area (Å²) < 4.78 is 2.58. The molecule has 0 aliphatic heterocycles. The maximum Gasteiger partial charge on any atom is 0.0726 e. The van der Waals surface area contributed by atoms with Crippen molar-refractivity contribution in [3.8, 4) is 44.5 Å². The Morgan fingerprint density at radius 1 is 0.328 bits per heavy atom. The van der Waals surface area contributed by atoms with Crippen molar-refractivity contribution < 1.29 is 0 Å². The lowest BCUT2D eigenvalue weighted by molar-refractivity contribution is 0.793. The highest BCUT2D eigenvalue weighted by Crippen LogP contribution is 2.63. The van der Waals surface area contributed by atoms with Crippen LogP contribution >= 0.6 is 11.3 Å². The van der Waals surface area contributed by atoms with Gasteiger partial charge in [0, 0.05) is 32.3 Å². The topological polar surface area (TPSA) is 3.24 Å². The normalized spacial score (nSPS) is 13.0. The molecular weight excluding hydrogens is 755 g/mol. The minimum absolute atomic E-state index is 0.452. The molecule has 1 nitrogen and oxygen atoms in total. The zero-order valence-corrected chi connectivity index (χ0v) is 34.0. The number of rotatable bonds is 5. The SMILES string of the molecule is c1ccc(-c2ccccc2N(c2ccc3c(c2)C2(c4ccccc4-c4ccccc42)c2ccccc2-3)c2cccc3c2sc2c(-c4ccccc4)cc4ccccc4c23)cc1. The molecule has 0 bridgehead atoms. The number of para-hydroxylation sites is 1. The van der Waals surface area contributed by atoms with Crippen LogP contribution in [0.5, 0.6) is 0 Å². The summed E-state index contributed by atoms with van der Waals surface area (Å²) in [6.07, 6.45) is 0. The molecule has 1 heterocycles. The second-order valence-corrected chi connectivity index (χ2v) is 17.3. The summed E-state index contributed by atoms with van der Waals surface area (Å²) in [5.74, 6) is 0. The van der Waals surface area contributed by atoms with Gasteiger partial charge >= 0.3 is 0 Å². The van der Waals surface area contributed by atoms with E-state index in [0.717, 1.165) is 11.4 Å². The van der Waals surface area contributed by atoms with Crippen molar-refractivity contribution in [3.63, 3.8) is 0 Å². The summed E-state index contributed by atoms with van der Waals surface area (Å²) in [5.41, 5.74) is 18.5. The lowest BCUT2D eigenvalue weighted by Gasteiger charge is -2.33. The number of hydrogen-bond acceptors (Lipinski definition) is 2. The van der Waals surface area contributed by atoms with E-state index in [1.54, 1.807) is 0 Å². The van der Waals surface area contributed by atoms with Crippen LogP contribution in [0.2, 0.25) is 0 Å². The molecule has 2 aliphatic rings. The van der Waals surface area contributed by atoms with Gasteiger partial charge in [-0.15, -0.1) is 11.3 Å². The van der Waals surface area contributed by atoms with Crippen molar-refractivity contribution in [1.82, 2.24) is 0 Å². The van der Waals surface area contributed by atoms with Crippen LogP contribution in [0.3, 0.4) is 0 Å². The molecule has 0 unspecified atom stereocenters. The number of nitrogens with zero attached hydrogens (tertiary/aromatic N) is 1. The fourth-order valence-electron chi connectivity index (χ4n) is 10.8. The number of benzene rings is 10. The molecule has 0 N–H and O–H groups in total. The molecule has 10 aromatic carbocycles. The van der Waals surface area contributed by atoms with E-state index in [-0.39, 0.29) is 0 Å². The van der Waals surface area contributed by atoms with Gasteiger partial charge in [-0.3, -0.25) is 0 Å².